The Labute approximate surface area is 156 Å². The van der Waals surface area contributed by atoms with Gasteiger partial charge in [0.15, 0.2) is 0 Å². The molecule has 1 atom stereocenters. The van der Waals surface area contributed by atoms with Gasteiger partial charge in [0.2, 0.25) is 11.8 Å². The number of nitrogens with zero attached hydrogens (tertiary/aromatic N) is 2. The maximum absolute atomic E-state index is 12.9. The molecule has 6 heteroatoms. The SMILES string of the molecule is COc1ccc(CC(=O)N[C@@H](CC(C)C)C(=O)N2CCN(C)CC2)cc1. The van der Waals surface area contributed by atoms with E-state index in [1.165, 1.54) is 0 Å². The molecule has 6 nitrogen and oxygen atoms in total. The summed E-state index contributed by atoms with van der Waals surface area (Å²) in [7, 11) is 3.67. The number of carbonyl (C=O) groups excluding carboxylic acids is 2. The average molecular weight is 361 g/mol. The highest BCUT2D eigenvalue weighted by molar-refractivity contribution is 5.88. The maximum Gasteiger partial charge on any atom is 0.245 e. The van der Waals surface area contributed by atoms with Gasteiger partial charge in [-0.3, -0.25) is 9.59 Å². The summed E-state index contributed by atoms with van der Waals surface area (Å²) < 4.78 is 5.13. The lowest BCUT2D eigenvalue weighted by atomic mass is 10.0. The molecule has 1 fully saturated rings. The fraction of sp³-hybridized carbons (Fsp3) is 0.600. The maximum atomic E-state index is 12.9. The molecule has 0 aliphatic carbocycles. The molecule has 2 amide bonds. The highest BCUT2D eigenvalue weighted by Gasteiger charge is 2.28. The second kappa shape index (κ2) is 9.57. The number of amides is 2. The number of ether oxygens (including phenoxy) is 1. The van der Waals surface area contributed by atoms with Crippen LogP contribution in [-0.2, 0) is 16.0 Å². The number of piperazine rings is 1. The number of likely N-dealkylation sites (N-methyl/N-ethyl adjacent to an activating group) is 1. The fourth-order valence-corrected chi connectivity index (χ4v) is 3.11. The zero-order valence-corrected chi connectivity index (χ0v) is 16.3. The average Bonchev–Trinajstić information content (AvgIpc) is 2.61. The molecule has 0 saturated carbocycles. The molecule has 1 aromatic rings. The van der Waals surface area contributed by atoms with Crippen LogP contribution in [0, 0.1) is 5.92 Å². The Morgan fingerprint density at radius 1 is 1.12 bits per heavy atom. The van der Waals surface area contributed by atoms with Gasteiger partial charge in [0.05, 0.1) is 13.5 Å². The number of benzene rings is 1. The summed E-state index contributed by atoms with van der Waals surface area (Å²) in [5, 5.41) is 2.96. The molecule has 26 heavy (non-hydrogen) atoms. The van der Waals surface area contributed by atoms with Crippen molar-refractivity contribution in [1.82, 2.24) is 15.1 Å². The molecule has 0 spiro atoms. The normalized spacial score (nSPS) is 16.4. The molecule has 0 bridgehead atoms. The Kier molecular flexibility index (Phi) is 7.45. The molecule has 2 rings (SSSR count). The number of nitrogens with one attached hydrogen (secondary N) is 1. The predicted octanol–water partition coefficient (Wildman–Crippen LogP) is 1.54. The number of rotatable bonds is 7. The zero-order valence-electron chi connectivity index (χ0n) is 16.3. The van der Waals surface area contributed by atoms with E-state index in [-0.39, 0.29) is 18.2 Å². The summed E-state index contributed by atoms with van der Waals surface area (Å²) >= 11 is 0. The van der Waals surface area contributed by atoms with Crippen LogP contribution in [0.5, 0.6) is 5.75 Å². The minimum Gasteiger partial charge on any atom is -0.497 e. The van der Waals surface area contributed by atoms with Crippen molar-refractivity contribution in [1.29, 1.82) is 0 Å². The largest absolute Gasteiger partial charge is 0.497 e. The van der Waals surface area contributed by atoms with Gasteiger partial charge in [-0.1, -0.05) is 26.0 Å². The Morgan fingerprint density at radius 2 is 1.73 bits per heavy atom. The van der Waals surface area contributed by atoms with Gasteiger partial charge in [-0.05, 0) is 37.1 Å². The monoisotopic (exact) mass is 361 g/mol. The van der Waals surface area contributed by atoms with Gasteiger partial charge in [-0.25, -0.2) is 0 Å². The highest BCUT2D eigenvalue weighted by atomic mass is 16.5. The van der Waals surface area contributed by atoms with Gasteiger partial charge in [0.1, 0.15) is 11.8 Å². The molecule has 1 heterocycles. The molecular weight excluding hydrogens is 330 g/mol. The topological polar surface area (TPSA) is 61.9 Å². The van der Waals surface area contributed by atoms with E-state index in [1.54, 1.807) is 7.11 Å². The fourth-order valence-electron chi connectivity index (χ4n) is 3.11. The van der Waals surface area contributed by atoms with E-state index in [0.29, 0.717) is 12.3 Å². The van der Waals surface area contributed by atoms with Gasteiger partial charge >= 0.3 is 0 Å². The van der Waals surface area contributed by atoms with Crippen LogP contribution in [0.15, 0.2) is 24.3 Å². The van der Waals surface area contributed by atoms with Gasteiger partial charge in [-0.15, -0.1) is 0 Å². The lowest BCUT2D eigenvalue weighted by Crippen LogP contribution is -2.54. The summed E-state index contributed by atoms with van der Waals surface area (Å²) in [5.41, 5.74) is 0.902. The first-order chi connectivity index (χ1) is 12.4. The van der Waals surface area contributed by atoms with E-state index in [2.05, 4.69) is 31.1 Å². The number of hydrogen-bond donors (Lipinski definition) is 1. The highest BCUT2D eigenvalue weighted by Crippen LogP contribution is 2.13. The van der Waals surface area contributed by atoms with Crippen LogP contribution >= 0.6 is 0 Å². The van der Waals surface area contributed by atoms with Crippen molar-refractivity contribution in [3.8, 4) is 5.75 Å². The van der Waals surface area contributed by atoms with Crippen molar-refractivity contribution in [2.75, 3.05) is 40.3 Å². The Morgan fingerprint density at radius 3 is 2.27 bits per heavy atom. The lowest BCUT2D eigenvalue weighted by Gasteiger charge is -2.35. The van der Waals surface area contributed by atoms with E-state index in [0.717, 1.165) is 37.5 Å². The molecule has 1 N–H and O–H groups in total. The molecule has 1 aliphatic rings. The third kappa shape index (κ3) is 6.02. The smallest absolute Gasteiger partial charge is 0.245 e. The van der Waals surface area contributed by atoms with E-state index < -0.39 is 6.04 Å². The van der Waals surface area contributed by atoms with Gasteiger partial charge < -0.3 is 19.9 Å². The summed E-state index contributed by atoms with van der Waals surface area (Å²) in [6, 6.07) is 6.97. The standard InChI is InChI=1S/C20H31N3O3/c1-15(2)13-18(20(25)23-11-9-22(3)10-12-23)21-19(24)14-16-5-7-17(26-4)8-6-16/h5-8,15,18H,9-14H2,1-4H3,(H,21,24)/t18-/m0/s1. The summed E-state index contributed by atoms with van der Waals surface area (Å²) in [4.78, 5) is 29.5. The number of methoxy groups -OCH3 is 1. The van der Waals surface area contributed by atoms with Gasteiger partial charge in [0, 0.05) is 26.2 Å². The zero-order chi connectivity index (χ0) is 19.1. The van der Waals surface area contributed by atoms with Gasteiger partial charge in [-0.2, -0.15) is 0 Å². The summed E-state index contributed by atoms with van der Waals surface area (Å²) in [6.45, 7) is 7.33. The molecule has 0 unspecified atom stereocenters. The molecule has 1 saturated heterocycles. The third-order valence-corrected chi connectivity index (χ3v) is 4.68. The van der Waals surface area contributed by atoms with Crippen LogP contribution in [0.1, 0.15) is 25.8 Å². The van der Waals surface area contributed by atoms with Crippen LogP contribution in [0.25, 0.3) is 0 Å². The van der Waals surface area contributed by atoms with E-state index in [4.69, 9.17) is 4.74 Å². The van der Waals surface area contributed by atoms with Crippen molar-refractivity contribution < 1.29 is 14.3 Å². The first-order valence-corrected chi connectivity index (χ1v) is 9.28. The number of hydrogen-bond acceptors (Lipinski definition) is 4. The molecule has 0 aromatic heterocycles. The van der Waals surface area contributed by atoms with Gasteiger partial charge in [0.25, 0.3) is 0 Å². The minimum atomic E-state index is -0.454. The Balaban J connectivity index is 1.96. The van der Waals surface area contributed by atoms with E-state index >= 15 is 0 Å². The quantitative estimate of drug-likeness (QED) is 0.800. The van der Waals surface area contributed by atoms with Crippen LogP contribution in [0.4, 0.5) is 0 Å². The van der Waals surface area contributed by atoms with Crippen molar-refractivity contribution in [2.45, 2.75) is 32.7 Å². The van der Waals surface area contributed by atoms with E-state index in [1.807, 2.05) is 29.2 Å². The van der Waals surface area contributed by atoms with E-state index in [9.17, 15) is 9.59 Å². The third-order valence-electron chi connectivity index (χ3n) is 4.68. The molecule has 144 valence electrons. The van der Waals surface area contributed by atoms with Crippen LogP contribution in [-0.4, -0.2) is 68.0 Å². The first-order valence-electron chi connectivity index (χ1n) is 9.28. The van der Waals surface area contributed by atoms with Crippen LogP contribution in [0.2, 0.25) is 0 Å². The Bertz CT molecular complexity index is 593. The summed E-state index contributed by atoms with van der Waals surface area (Å²) in [6.07, 6.45) is 0.911. The van der Waals surface area contributed by atoms with Crippen molar-refractivity contribution in [3.63, 3.8) is 0 Å². The predicted molar refractivity (Wildman–Crippen MR) is 102 cm³/mol. The summed E-state index contributed by atoms with van der Waals surface area (Å²) in [5.74, 6) is 1.01. The molecular formula is C20H31N3O3. The molecule has 1 aromatic carbocycles. The number of carbonyl (C=O) groups is 2. The second-order valence-corrected chi connectivity index (χ2v) is 7.40. The van der Waals surface area contributed by atoms with Crippen molar-refractivity contribution in [2.24, 2.45) is 5.92 Å². The van der Waals surface area contributed by atoms with Crippen molar-refractivity contribution >= 4 is 11.8 Å². The van der Waals surface area contributed by atoms with Crippen LogP contribution < -0.4 is 10.1 Å². The first kappa shape index (κ1) is 20.2. The lowest BCUT2D eigenvalue weighted by molar-refractivity contribution is -0.138. The van der Waals surface area contributed by atoms with Crippen LogP contribution in [0.3, 0.4) is 0 Å². The Hall–Kier alpha value is -2.08. The molecule has 1 aliphatic heterocycles. The van der Waals surface area contributed by atoms with Crippen molar-refractivity contribution in [3.05, 3.63) is 29.8 Å². The minimum absolute atomic E-state index is 0.0369. The second-order valence-electron chi connectivity index (χ2n) is 7.40. The molecule has 0 radical (unpaired) electrons.